The Morgan fingerprint density at radius 2 is 1.71 bits per heavy atom. The van der Waals surface area contributed by atoms with Crippen LogP contribution in [0.1, 0.15) is 26.3 Å². The Labute approximate surface area is 195 Å². The average Bonchev–Trinajstić information content (AvgIpc) is 2.78. The average molecular weight is 526 g/mol. The van der Waals surface area contributed by atoms with E-state index >= 15 is 0 Å². The zero-order chi connectivity index (χ0) is 22.2. The molecule has 0 spiro atoms. The highest BCUT2D eigenvalue weighted by molar-refractivity contribution is 14.1. The van der Waals surface area contributed by atoms with E-state index in [9.17, 15) is 9.59 Å². The molecule has 0 aliphatic heterocycles. The van der Waals surface area contributed by atoms with Crippen LogP contribution in [0, 0.1) is 3.57 Å². The topological polar surface area (TPSA) is 69.6 Å². The van der Waals surface area contributed by atoms with Crippen LogP contribution in [0.15, 0.2) is 78.9 Å². The van der Waals surface area contributed by atoms with Crippen LogP contribution in [0.5, 0.6) is 0 Å². The summed E-state index contributed by atoms with van der Waals surface area (Å²) < 4.78 is 0.991. The minimum absolute atomic E-state index is 0.0980. The number of halogens is 1. The van der Waals surface area contributed by atoms with Crippen LogP contribution in [0.3, 0.4) is 0 Å². The minimum atomic E-state index is -0.189. The number of hydrogen-bond acceptors (Lipinski definition) is 4. The van der Waals surface area contributed by atoms with Gasteiger partial charge >= 0.3 is 0 Å². The molecule has 0 saturated heterocycles. The van der Waals surface area contributed by atoms with E-state index in [-0.39, 0.29) is 18.3 Å². The molecule has 2 N–H and O–H groups in total. The first-order valence-electron chi connectivity index (χ1n) is 9.78. The number of aliphatic hydroxyl groups excluding tert-OH is 1. The van der Waals surface area contributed by atoms with Crippen LogP contribution < -0.4 is 10.2 Å². The van der Waals surface area contributed by atoms with Gasteiger partial charge in [0.1, 0.15) is 0 Å². The van der Waals surface area contributed by atoms with Crippen LogP contribution in [0.25, 0.3) is 6.08 Å². The number of nitrogens with one attached hydrogen (secondary N) is 1. The Morgan fingerprint density at radius 3 is 2.35 bits per heavy atom. The third kappa shape index (κ3) is 6.50. The first-order valence-corrected chi connectivity index (χ1v) is 10.9. The zero-order valence-corrected chi connectivity index (χ0v) is 19.2. The monoisotopic (exact) mass is 526 g/mol. The van der Waals surface area contributed by atoms with Crippen molar-refractivity contribution in [2.24, 2.45) is 0 Å². The number of aliphatic hydroxyl groups is 1. The molecule has 0 fully saturated rings. The molecular weight excluding hydrogens is 503 g/mol. The lowest BCUT2D eigenvalue weighted by Gasteiger charge is -2.17. The van der Waals surface area contributed by atoms with E-state index in [1.165, 1.54) is 6.08 Å². The summed E-state index contributed by atoms with van der Waals surface area (Å²) in [6.07, 6.45) is 3.30. The lowest BCUT2D eigenvalue weighted by atomic mass is 10.1. The Kier molecular flexibility index (Phi) is 7.97. The highest BCUT2D eigenvalue weighted by Gasteiger charge is 2.08. The standard InChI is InChI=1S/C25H23IN2O3/c1-28(15-16-29)23-12-5-18(6-13-23)7-14-24(30)19-8-10-22(11-9-19)27-25(31)20-3-2-4-21(26)17-20/h2-14,17,29H,15-16H2,1H3,(H,27,31)/b14-7+. The maximum Gasteiger partial charge on any atom is 0.255 e. The summed E-state index contributed by atoms with van der Waals surface area (Å²) in [6, 6.07) is 21.9. The SMILES string of the molecule is CN(CCO)c1ccc(/C=C/C(=O)c2ccc(NC(=O)c3cccc(I)c3)cc2)cc1. The summed E-state index contributed by atoms with van der Waals surface area (Å²) in [4.78, 5) is 26.8. The molecule has 3 aromatic carbocycles. The van der Waals surface area contributed by atoms with E-state index in [2.05, 4.69) is 27.9 Å². The van der Waals surface area contributed by atoms with Gasteiger partial charge in [-0.05, 0) is 88.8 Å². The van der Waals surface area contributed by atoms with Gasteiger partial charge < -0.3 is 15.3 Å². The Hall–Kier alpha value is -2.97. The highest BCUT2D eigenvalue weighted by Crippen LogP contribution is 2.16. The molecule has 0 unspecified atom stereocenters. The number of allylic oxidation sites excluding steroid dienone is 1. The number of amides is 1. The molecule has 0 bridgehead atoms. The van der Waals surface area contributed by atoms with Gasteiger partial charge in [0.2, 0.25) is 0 Å². The molecule has 0 radical (unpaired) electrons. The summed E-state index contributed by atoms with van der Waals surface area (Å²) in [7, 11) is 1.91. The second kappa shape index (κ2) is 10.9. The third-order valence-corrected chi connectivity index (χ3v) is 5.38. The van der Waals surface area contributed by atoms with Crippen molar-refractivity contribution < 1.29 is 14.7 Å². The van der Waals surface area contributed by atoms with Gasteiger partial charge in [-0.15, -0.1) is 0 Å². The molecule has 0 aliphatic rings. The number of carbonyl (C=O) groups excluding carboxylic acids is 2. The molecule has 6 heteroatoms. The number of ketones is 1. The lowest BCUT2D eigenvalue weighted by molar-refractivity contribution is 0.102. The van der Waals surface area contributed by atoms with Crippen molar-refractivity contribution in [2.45, 2.75) is 0 Å². The molecule has 3 aromatic rings. The number of likely N-dealkylation sites (N-methyl/N-ethyl adjacent to an activating group) is 1. The Morgan fingerprint density at radius 1 is 1.00 bits per heavy atom. The molecule has 0 saturated carbocycles. The van der Waals surface area contributed by atoms with E-state index in [4.69, 9.17) is 5.11 Å². The Balaban J connectivity index is 1.60. The molecule has 5 nitrogen and oxygen atoms in total. The molecular formula is C25H23IN2O3. The van der Waals surface area contributed by atoms with E-state index < -0.39 is 0 Å². The number of rotatable bonds is 8. The van der Waals surface area contributed by atoms with Crippen LogP contribution in [0.2, 0.25) is 0 Å². The molecule has 158 valence electrons. The summed E-state index contributed by atoms with van der Waals surface area (Å²) in [5, 5.41) is 11.9. The Bertz CT molecular complexity index is 1080. The smallest absolute Gasteiger partial charge is 0.255 e. The number of benzene rings is 3. The fourth-order valence-corrected chi connectivity index (χ4v) is 3.48. The van der Waals surface area contributed by atoms with Crippen molar-refractivity contribution in [3.8, 4) is 0 Å². The molecule has 31 heavy (non-hydrogen) atoms. The van der Waals surface area contributed by atoms with E-state index in [1.54, 1.807) is 36.4 Å². The fourth-order valence-electron chi connectivity index (χ4n) is 2.94. The molecule has 1 amide bonds. The van der Waals surface area contributed by atoms with Gasteiger partial charge in [-0.1, -0.05) is 24.3 Å². The second-order valence-corrected chi connectivity index (χ2v) is 8.22. The first-order chi connectivity index (χ1) is 15.0. The normalized spacial score (nSPS) is 10.8. The van der Waals surface area contributed by atoms with E-state index in [0.29, 0.717) is 23.4 Å². The van der Waals surface area contributed by atoms with Crippen molar-refractivity contribution in [2.75, 3.05) is 30.4 Å². The van der Waals surface area contributed by atoms with Gasteiger partial charge in [0.15, 0.2) is 5.78 Å². The predicted molar refractivity (Wildman–Crippen MR) is 134 cm³/mol. The lowest BCUT2D eigenvalue weighted by Crippen LogP contribution is -2.20. The summed E-state index contributed by atoms with van der Waals surface area (Å²) in [5.74, 6) is -0.303. The fraction of sp³-hybridized carbons (Fsp3) is 0.120. The maximum atomic E-state index is 12.5. The minimum Gasteiger partial charge on any atom is -0.395 e. The molecule has 3 rings (SSSR count). The third-order valence-electron chi connectivity index (χ3n) is 4.71. The molecule has 0 heterocycles. The molecule has 0 atom stereocenters. The number of hydrogen-bond donors (Lipinski definition) is 2. The summed E-state index contributed by atoms with van der Waals surface area (Å²) >= 11 is 2.17. The maximum absolute atomic E-state index is 12.5. The van der Waals surface area contributed by atoms with Crippen molar-refractivity contribution in [3.05, 3.63) is 99.1 Å². The second-order valence-electron chi connectivity index (χ2n) is 6.98. The van der Waals surface area contributed by atoms with Crippen molar-refractivity contribution in [1.29, 1.82) is 0 Å². The van der Waals surface area contributed by atoms with Crippen LogP contribution in [-0.2, 0) is 0 Å². The largest absolute Gasteiger partial charge is 0.395 e. The van der Waals surface area contributed by atoms with Crippen molar-refractivity contribution in [3.63, 3.8) is 0 Å². The van der Waals surface area contributed by atoms with Gasteiger partial charge in [0.05, 0.1) is 6.61 Å². The number of carbonyl (C=O) groups is 2. The predicted octanol–water partition coefficient (Wildman–Crippen LogP) is 4.87. The van der Waals surface area contributed by atoms with Gasteiger partial charge in [-0.25, -0.2) is 0 Å². The molecule has 0 aliphatic carbocycles. The number of nitrogens with zero attached hydrogens (tertiary/aromatic N) is 1. The van der Waals surface area contributed by atoms with E-state index in [0.717, 1.165) is 14.8 Å². The van der Waals surface area contributed by atoms with Crippen LogP contribution >= 0.6 is 22.6 Å². The van der Waals surface area contributed by atoms with E-state index in [1.807, 2.05) is 54.4 Å². The summed E-state index contributed by atoms with van der Waals surface area (Å²) in [5.41, 5.74) is 3.68. The number of anilines is 2. The van der Waals surface area contributed by atoms with Gasteiger partial charge in [-0.2, -0.15) is 0 Å². The quantitative estimate of drug-likeness (QED) is 0.250. The summed E-state index contributed by atoms with van der Waals surface area (Å²) in [6.45, 7) is 0.662. The van der Waals surface area contributed by atoms with Crippen LogP contribution in [-0.4, -0.2) is 37.0 Å². The van der Waals surface area contributed by atoms with Gasteiger partial charge in [-0.3, -0.25) is 9.59 Å². The van der Waals surface area contributed by atoms with Gasteiger partial charge in [0, 0.05) is 39.7 Å². The van der Waals surface area contributed by atoms with Crippen LogP contribution in [0.4, 0.5) is 11.4 Å². The van der Waals surface area contributed by atoms with Gasteiger partial charge in [0.25, 0.3) is 5.91 Å². The zero-order valence-electron chi connectivity index (χ0n) is 17.1. The van der Waals surface area contributed by atoms with Crippen molar-refractivity contribution >= 4 is 51.7 Å². The highest BCUT2D eigenvalue weighted by atomic mass is 127. The first kappa shape index (κ1) is 22.7. The van der Waals surface area contributed by atoms with Crippen molar-refractivity contribution in [1.82, 2.24) is 0 Å². The molecule has 0 aromatic heterocycles.